The Bertz CT molecular complexity index is 501. The van der Waals surface area contributed by atoms with E-state index >= 15 is 0 Å². The predicted octanol–water partition coefficient (Wildman–Crippen LogP) is 4.59. The molecule has 0 saturated heterocycles. The van der Waals surface area contributed by atoms with Crippen LogP contribution in [0.3, 0.4) is 0 Å². The van der Waals surface area contributed by atoms with Gasteiger partial charge in [-0.05, 0) is 19.1 Å². The Kier molecular flexibility index (Phi) is 5.32. The van der Waals surface area contributed by atoms with Crippen molar-refractivity contribution in [2.24, 2.45) is 0 Å². The largest absolute Gasteiger partial charge is 0.463 e. The Morgan fingerprint density at radius 1 is 1.37 bits per heavy atom. The molecule has 0 amide bonds. The third kappa shape index (κ3) is 4.18. The van der Waals surface area contributed by atoms with Crippen molar-refractivity contribution in [3.8, 4) is 0 Å². The van der Waals surface area contributed by atoms with Gasteiger partial charge < -0.3 is 4.74 Å². The minimum absolute atomic E-state index is 0.0283. The first-order valence-corrected chi connectivity index (χ1v) is 6.21. The molecule has 1 aromatic carbocycles. The molecular weight excluding hydrogens is 297 g/mol. The number of hydrogen-bond acceptors (Lipinski definition) is 2. The summed E-state index contributed by atoms with van der Waals surface area (Å²) in [4.78, 5) is 11.3. The summed E-state index contributed by atoms with van der Waals surface area (Å²) in [6.45, 7) is 5.00. The lowest BCUT2D eigenvalue weighted by molar-refractivity contribution is -0.139. The van der Waals surface area contributed by atoms with E-state index in [9.17, 15) is 13.6 Å². The topological polar surface area (TPSA) is 26.3 Å². The molecule has 0 aromatic heterocycles. The highest BCUT2D eigenvalue weighted by atomic mass is 35.5. The molecule has 0 atom stereocenters. The molecule has 0 heterocycles. The molecular formula is C13H12Cl2F2O2. The van der Waals surface area contributed by atoms with Crippen molar-refractivity contribution < 1.29 is 18.3 Å². The smallest absolute Gasteiger partial charge is 0.333 e. The van der Waals surface area contributed by atoms with Crippen LogP contribution >= 0.6 is 23.2 Å². The molecule has 1 aromatic rings. The van der Waals surface area contributed by atoms with Crippen molar-refractivity contribution in [2.75, 3.05) is 6.61 Å². The zero-order valence-electron chi connectivity index (χ0n) is 10.2. The molecule has 0 saturated carbocycles. The first-order valence-electron chi connectivity index (χ1n) is 5.46. The van der Waals surface area contributed by atoms with Gasteiger partial charge in [0.15, 0.2) is 0 Å². The molecule has 0 unspecified atom stereocenters. The molecule has 2 nitrogen and oxygen atoms in total. The number of benzene rings is 1. The number of esters is 1. The van der Waals surface area contributed by atoms with E-state index in [1.165, 1.54) is 6.07 Å². The van der Waals surface area contributed by atoms with Gasteiger partial charge in [0.05, 0.1) is 16.7 Å². The Balaban J connectivity index is 2.88. The molecule has 104 valence electrons. The van der Waals surface area contributed by atoms with Crippen molar-refractivity contribution in [1.29, 1.82) is 0 Å². The molecule has 6 heteroatoms. The van der Waals surface area contributed by atoms with Crippen molar-refractivity contribution >= 4 is 29.2 Å². The third-order valence-corrected chi connectivity index (χ3v) is 3.08. The van der Waals surface area contributed by atoms with E-state index in [0.29, 0.717) is 0 Å². The molecule has 0 fully saturated rings. The highest BCUT2D eigenvalue weighted by Crippen LogP contribution is 2.37. The fourth-order valence-corrected chi connectivity index (χ4v) is 1.70. The van der Waals surface area contributed by atoms with E-state index in [-0.39, 0.29) is 27.8 Å². The molecule has 0 aliphatic heterocycles. The van der Waals surface area contributed by atoms with E-state index in [4.69, 9.17) is 23.2 Å². The molecule has 0 radical (unpaired) electrons. The fourth-order valence-electron chi connectivity index (χ4n) is 1.40. The van der Waals surface area contributed by atoms with E-state index in [1.54, 1.807) is 6.92 Å². The van der Waals surface area contributed by atoms with Gasteiger partial charge in [-0.15, -0.1) is 0 Å². The Morgan fingerprint density at radius 2 is 2.00 bits per heavy atom. The van der Waals surface area contributed by atoms with Crippen LogP contribution in [0.2, 0.25) is 10.0 Å². The third-order valence-electron chi connectivity index (χ3n) is 2.34. The van der Waals surface area contributed by atoms with E-state index < -0.39 is 18.3 Å². The van der Waals surface area contributed by atoms with Crippen LogP contribution in [0.5, 0.6) is 0 Å². The summed E-state index contributed by atoms with van der Waals surface area (Å²) in [6.07, 6.45) is -0.830. The van der Waals surface area contributed by atoms with Gasteiger partial charge in [0.1, 0.15) is 0 Å². The summed E-state index contributed by atoms with van der Waals surface area (Å²) in [6, 6.07) is 3.51. The maximum atomic E-state index is 13.9. The second-order valence-electron chi connectivity index (χ2n) is 3.83. The van der Waals surface area contributed by atoms with Gasteiger partial charge in [0.25, 0.3) is 5.92 Å². The van der Waals surface area contributed by atoms with Crippen LogP contribution in [-0.2, 0) is 15.5 Å². The normalized spacial score (nSPS) is 11.2. The first-order chi connectivity index (χ1) is 8.77. The minimum atomic E-state index is -3.27. The number of carbonyl (C=O) groups excluding carboxylic acids is 1. The highest BCUT2D eigenvalue weighted by Gasteiger charge is 2.34. The van der Waals surface area contributed by atoms with Crippen molar-refractivity contribution in [3.05, 3.63) is 46.0 Å². The summed E-state index contributed by atoms with van der Waals surface area (Å²) in [5, 5.41) is 0.214. The lowest BCUT2D eigenvalue weighted by Crippen LogP contribution is -2.18. The standard InChI is InChI=1S/C13H12Cl2F2O2/c1-3-19-12(18)8(2)7-13(16,17)9-4-5-10(14)11(15)6-9/h4-6H,2-3,7H2,1H3. The van der Waals surface area contributed by atoms with Gasteiger partial charge in [-0.2, -0.15) is 0 Å². The summed E-state index contributed by atoms with van der Waals surface area (Å²) >= 11 is 11.3. The summed E-state index contributed by atoms with van der Waals surface area (Å²) in [5.41, 5.74) is -0.620. The minimum Gasteiger partial charge on any atom is -0.463 e. The SMILES string of the molecule is C=C(CC(F)(F)c1ccc(Cl)c(Cl)c1)C(=O)OCC. The van der Waals surface area contributed by atoms with E-state index in [2.05, 4.69) is 11.3 Å². The summed E-state index contributed by atoms with van der Waals surface area (Å²) in [7, 11) is 0. The number of halogens is 4. The average Bonchev–Trinajstić information content (AvgIpc) is 2.32. The molecule has 1 rings (SSSR count). The highest BCUT2D eigenvalue weighted by molar-refractivity contribution is 6.42. The van der Waals surface area contributed by atoms with Gasteiger partial charge in [-0.1, -0.05) is 35.8 Å². The van der Waals surface area contributed by atoms with Crippen LogP contribution in [0, 0.1) is 0 Å². The van der Waals surface area contributed by atoms with Gasteiger partial charge >= 0.3 is 5.97 Å². The van der Waals surface area contributed by atoms with Crippen LogP contribution in [0.15, 0.2) is 30.4 Å². The zero-order chi connectivity index (χ0) is 14.6. The van der Waals surface area contributed by atoms with Crippen LogP contribution in [0.25, 0.3) is 0 Å². The quantitative estimate of drug-likeness (QED) is 0.587. The number of rotatable bonds is 5. The number of hydrogen-bond donors (Lipinski definition) is 0. The Morgan fingerprint density at radius 3 is 2.53 bits per heavy atom. The van der Waals surface area contributed by atoms with Gasteiger partial charge in [-0.3, -0.25) is 0 Å². The van der Waals surface area contributed by atoms with Crippen LogP contribution in [0.4, 0.5) is 8.78 Å². The molecule has 0 spiro atoms. The van der Waals surface area contributed by atoms with Crippen molar-refractivity contribution in [2.45, 2.75) is 19.3 Å². The van der Waals surface area contributed by atoms with Gasteiger partial charge in [-0.25, -0.2) is 13.6 Å². The van der Waals surface area contributed by atoms with Crippen molar-refractivity contribution in [1.82, 2.24) is 0 Å². The molecule has 0 bridgehead atoms. The maximum absolute atomic E-state index is 13.9. The summed E-state index contributed by atoms with van der Waals surface area (Å²) in [5.74, 6) is -4.10. The lowest BCUT2D eigenvalue weighted by atomic mass is 10.0. The number of ether oxygens (including phenoxy) is 1. The fraction of sp³-hybridized carbons (Fsp3) is 0.308. The predicted molar refractivity (Wildman–Crippen MR) is 70.7 cm³/mol. The molecule has 0 aliphatic carbocycles. The van der Waals surface area contributed by atoms with Gasteiger partial charge in [0.2, 0.25) is 0 Å². The Labute approximate surface area is 120 Å². The zero-order valence-corrected chi connectivity index (χ0v) is 11.7. The second-order valence-corrected chi connectivity index (χ2v) is 4.65. The molecule has 0 N–H and O–H groups in total. The van der Waals surface area contributed by atoms with Crippen LogP contribution in [-0.4, -0.2) is 12.6 Å². The molecule has 0 aliphatic rings. The Hall–Kier alpha value is -1.13. The average molecular weight is 309 g/mol. The van der Waals surface area contributed by atoms with Gasteiger partial charge in [0, 0.05) is 17.6 Å². The monoisotopic (exact) mass is 308 g/mol. The molecule has 19 heavy (non-hydrogen) atoms. The first kappa shape index (κ1) is 15.9. The van der Waals surface area contributed by atoms with Crippen molar-refractivity contribution in [3.63, 3.8) is 0 Å². The second kappa shape index (κ2) is 6.35. The van der Waals surface area contributed by atoms with Crippen LogP contribution < -0.4 is 0 Å². The number of carbonyl (C=O) groups is 1. The number of alkyl halides is 2. The summed E-state index contributed by atoms with van der Waals surface area (Å²) < 4.78 is 32.5. The van der Waals surface area contributed by atoms with Crippen LogP contribution in [0.1, 0.15) is 18.9 Å². The maximum Gasteiger partial charge on any atom is 0.333 e. The lowest BCUT2D eigenvalue weighted by Gasteiger charge is -2.18. The van der Waals surface area contributed by atoms with E-state index in [1.807, 2.05) is 0 Å². The van der Waals surface area contributed by atoms with E-state index in [0.717, 1.165) is 12.1 Å².